The summed E-state index contributed by atoms with van der Waals surface area (Å²) in [7, 11) is 0. The molecule has 0 amide bonds. The van der Waals surface area contributed by atoms with Crippen molar-refractivity contribution in [2.75, 3.05) is 0 Å². The van der Waals surface area contributed by atoms with Crippen LogP contribution in [0.2, 0.25) is 0 Å². The zero-order valence-electron chi connectivity index (χ0n) is 6.33. The third kappa shape index (κ3) is 110. The zero-order chi connectivity index (χ0) is 8.24. The van der Waals surface area contributed by atoms with Gasteiger partial charge in [0.1, 0.15) is 0 Å². The standard InChI is InChI=1S/C8H13.6CH4.H2O2.2H2/c1-3-5-7-8-6-4-2;;;;;;;1-2;;/h3,5-6,8H,1,4,7H2,2H3;6*1H4;1-2H;2*1H/q+1;;;;;;;;;. The van der Waals surface area contributed by atoms with E-state index in [0.717, 1.165) is 12.8 Å². The topological polar surface area (TPSA) is 40.5 Å². The van der Waals surface area contributed by atoms with Crippen LogP contribution in [0.1, 0.15) is 67.2 Å². The van der Waals surface area contributed by atoms with E-state index >= 15 is 0 Å². The summed E-state index contributed by atoms with van der Waals surface area (Å²) in [6.07, 6.45) is 10.3. The molecule has 2 nitrogen and oxygen atoms in total. The molecular formula is C14H43O2+. The minimum absolute atomic E-state index is 0. The van der Waals surface area contributed by atoms with Gasteiger partial charge in [0.05, 0.1) is 12.5 Å². The van der Waals surface area contributed by atoms with E-state index in [4.69, 9.17) is 10.5 Å². The Hall–Kier alpha value is -0.730. The molecule has 0 unspecified atom stereocenters. The van der Waals surface area contributed by atoms with E-state index in [1.54, 1.807) is 0 Å². The van der Waals surface area contributed by atoms with Crippen LogP contribution in [-0.4, -0.2) is 10.5 Å². The molecule has 0 aromatic rings. The Kier molecular flexibility index (Phi) is 333. The van der Waals surface area contributed by atoms with E-state index in [1.807, 2.05) is 12.5 Å². The first-order valence-corrected chi connectivity index (χ1v) is 3.21. The van der Waals surface area contributed by atoms with E-state index in [0.29, 0.717) is 0 Å². The van der Waals surface area contributed by atoms with Gasteiger partial charge < -0.3 is 0 Å². The van der Waals surface area contributed by atoms with E-state index in [2.05, 4.69) is 25.7 Å². The maximum atomic E-state index is 6.00. The van der Waals surface area contributed by atoms with Gasteiger partial charge in [-0.3, -0.25) is 10.5 Å². The molecule has 0 aliphatic heterocycles. The second kappa shape index (κ2) is 90.5. The number of unbranched alkanes of at least 4 members (excludes halogenated alkanes) is 1. The Morgan fingerprint density at radius 2 is 1.38 bits per heavy atom. The Morgan fingerprint density at radius 1 is 1.00 bits per heavy atom. The maximum Gasteiger partial charge on any atom is 0.0867 e. The number of hydrogen-bond acceptors (Lipinski definition) is 2. The molecule has 0 aliphatic carbocycles. The third-order valence-corrected chi connectivity index (χ3v) is 0.841. The molecule has 0 heterocycles. The van der Waals surface area contributed by atoms with Gasteiger partial charge in [0.2, 0.25) is 0 Å². The lowest BCUT2D eigenvalue weighted by Gasteiger charge is -1.76. The molecule has 0 aliphatic rings. The lowest BCUT2D eigenvalue weighted by molar-refractivity contribution is -0.176. The third-order valence-electron chi connectivity index (χ3n) is 0.841. The molecule has 0 fully saturated rings. The minimum atomic E-state index is 0. The quantitative estimate of drug-likeness (QED) is 0.182. The molecule has 0 aromatic heterocycles. The van der Waals surface area contributed by atoms with Crippen LogP contribution in [0.25, 0.3) is 0 Å². The van der Waals surface area contributed by atoms with Gasteiger partial charge in [-0.1, -0.05) is 63.6 Å². The van der Waals surface area contributed by atoms with Gasteiger partial charge in [-0.25, -0.2) is 0 Å². The van der Waals surface area contributed by atoms with Crippen molar-refractivity contribution < 1.29 is 13.4 Å². The van der Waals surface area contributed by atoms with Gasteiger partial charge in [0.25, 0.3) is 0 Å². The molecule has 0 aromatic carbocycles. The van der Waals surface area contributed by atoms with E-state index in [1.165, 1.54) is 0 Å². The lowest BCUT2D eigenvalue weighted by atomic mass is 10.3. The second-order valence-electron chi connectivity index (χ2n) is 1.59. The van der Waals surface area contributed by atoms with Crippen LogP contribution in [-0.2, 0) is 0 Å². The molecule has 110 valence electrons. The highest BCUT2D eigenvalue weighted by atomic mass is 17.0. The van der Waals surface area contributed by atoms with Crippen LogP contribution < -0.4 is 0 Å². The van der Waals surface area contributed by atoms with E-state index in [-0.39, 0.29) is 47.4 Å². The van der Waals surface area contributed by atoms with Crippen LogP contribution in [0.15, 0.2) is 24.8 Å². The van der Waals surface area contributed by atoms with Crippen LogP contribution in [0.5, 0.6) is 0 Å². The van der Waals surface area contributed by atoms with Crippen molar-refractivity contribution in [1.29, 1.82) is 0 Å². The Balaban J connectivity index is -0.00000000762. The number of allylic oxidation sites excluding steroid dienone is 3. The van der Waals surface area contributed by atoms with E-state index < -0.39 is 0 Å². The predicted molar refractivity (Wildman–Crippen MR) is 88.4 cm³/mol. The summed E-state index contributed by atoms with van der Waals surface area (Å²) in [5.41, 5.74) is 0. The van der Waals surface area contributed by atoms with Gasteiger partial charge in [-0.15, -0.1) is 0 Å². The maximum absolute atomic E-state index is 6.00. The summed E-state index contributed by atoms with van der Waals surface area (Å²) < 4.78 is 0. The first kappa shape index (κ1) is 58.8. The monoisotopic (exact) mass is 243 g/mol. The molecule has 0 bridgehead atoms. The molecular weight excluding hydrogens is 200 g/mol. The molecule has 0 rings (SSSR count). The molecule has 2 heteroatoms. The van der Waals surface area contributed by atoms with E-state index in [9.17, 15) is 0 Å². The highest BCUT2D eigenvalue weighted by Crippen LogP contribution is 1.90. The van der Waals surface area contributed by atoms with Crippen molar-refractivity contribution in [2.45, 2.75) is 64.3 Å². The fourth-order valence-electron chi connectivity index (χ4n) is 0.438. The molecule has 0 atom stereocenters. The summed E-state index contributed by atoms with van der Waals surface area (Å²) in [5, 5.41) is 12.0. The van der Waals surface area contributed by atoms with Crippen LogP contribution in [0.4, 0.5) is 0 Å². The van der Waals surface area contributed by atoms with Crippen LogP contribution in [0, 0.1) is 6.42 Å². The fraction of sp³-hybridized carbons (Fsp3) is 0.643. The Morgan fingerprint density at radius 3 is 1.62 bits per heavy atom. The summed E-state index contributed by atoms with van der Waals surface area (Å²) in [6, 6.07) is 0. The molecule has 2 N–H and O–H groups in total. The van der Waals surface area contributed by atoms with Crippen molar-refractivity contribution in [3.63, 3.8) is 0 Å². The molecule has 0 saturated carbocycles. The highest BCUT2D eigenvalue weighted by Gasteiger charge is 1.77. The van der Waals surface area contributed by atoms with Crippen molar-refractivity contribution in [1.82, 2.24) is 0 Å². The minimum Gasteiger partial charge on any atom is -0.255 e. The summed E-state index contributed by atoms with van der Waals surface area (Å²) in [6.45, 7) is 5.70. The van der Waals surface area contributed by atoms with Crippen molar-refractivity contribution in [3.8, 4) is 0 Å². The smallest absolute Gasteiger partial charge is 0.0867 e. The normalized spacial score (nSPS) is 5.19. The van der Waals surface area contributed by atoms with Crippen molar-refractivity contribution in [3.05, 3.63) is 31.2 Å². The predicted octanol–water partition coefficient (Wildman–Crippen LogP) is 7.06. The Labute approximate surface area is 110 Å². The average molecular weight is 243 g/mol. The average Bonchev–Trinajstić information content (AvgIpc) is 2.02. The van der Waals surface area contributed by atoms with Crippen LogP contribution in [0.3, 0.4) is 0 Å². The molecule has 0 spiro atoms. The lowest BCUT2D eigenvalue weighted by Crippen LogP contribution is -1.62. The molecule has 0 radical (unpaired) electrons. The number of rotatable bonds is 4. The SMILES string of the molecule is C.C.C.C.C.C.C=C[CH+]CC=CCC.OO.[HH].[HH]. The summed E-state index contributed by atoms with van der Waals surface area (Å²) in [4.78, 5) is 0. The summed E-state index contributed by atoms with van der Waals surface area (Å²) in [5.74, 6) is 0. The Bertz CT molecular complexity index is 87.9. The van der Waals surface area contributed by atoms with Gasteiger partial charge in [0.15, 0.2) is 0 Å². The van der Waals surface area contributed by atoms with Crippen molar-refractivity contribution in [2.24, 2.45) is 0 Å². The van der Waals surface area contributed by atoms with Crippen LogP contribution >= 0.6 is 0 Å². The second-order valence-corrected chi connectivity index (χ2v) is 1.59. The first-order valence-electron chi connectivity index (χ1n) is 3.21. The van der Waals surface area contributed by atoms with Gasteiger partial charge in [0, 0.05) is 15.9 Å². The van der Waals surface area contributed by atoms with Gasteiger partial charge in [-0.2, -0.15) is 0 Å². The number of hydrogen-bond donors (Lipinski definition) is 2. The summed E-state index contributed by atoms with van der Waals surface area (Å²) >= 11 is 0. The largest absolute Gasteiger partial charge is 0.255 e. The van der Waals surface area contributed by atoms with Crippen molar-refractivity contribution >= 4 is 0 Å². The molecule has 16 heavy (non-hydrogen) atoms. The molecule has 0 saturated heterocycles. The fourth-order valence-corrected chi connectivity index (χ4v) is 0.438. The zero-order valence-corrected chi connectivity index (χ0v) is 6.33. The first-order chi connectivity index (χ1) is 4.91. The van der Waals surface area contributed by atoms with Gasteiger partial charge in [-0.05, 0) is 6.42 Å². The van der Waals surface area contributed by atoms with Gasteiger partial charge >= 0.3 is 0 Å². The highest BCUT2D eigenvalue weighted by molar-refractivity contribution is 4.94.